The maximum Gasteiger partial charge on any atom is 0.260 e. The van der Waals surface area contributed by atoms with Gasteiger partial charge in [-0.25, -0.2) is 15.0 Å². The van der Waals surface area contributed by atoms with Gasteiger partial charge in [0.15, 0.2) is 17.3 Å². The summed E-state index contributed by atoms with van der Waals surface area (Å²) < 4.78 is 7.33. The fourth-order valence-electron chi connectivity index (χ4n) is 2.67. The number of fused-ring (bicyclic) bond motifs is 1. The minimum Gasteiger partial charge on any atom is -0.379 e. The third-order valence-corrected chi connectivity index (χ3v) is 4.48. The molecular weight excluding hydrogens is 426 g/mol. The van der Waals surface area contributed by atoms with Crippen LogP contribution >= 0.6 is 15.9 Å². The van der Waals surface area contributed by atoms with E-state index < -0.39 is 0 Å². The van der Waals surface area contributed by atoms with E-state index in [1.165, 1.54) is 0 Å². The van der Waals surface area contributed by atoms with Crippen molar-refractivity contribution in [2.45, 2.75) is 6.54 Å². The van der Waals surface area contributed by atoms with E-state index in [1.54, 1.807) is 10.8 Å². The van der Waals surface area contributed by atoms with Crippen molar-refractivity contribution in [1.82, 2.24) is 25.3 Å². The SMILES string of the molecule is Nc1nonc1-c1nc2ccccc2n1CC(=O)N/N=C\c1ccc(Br)cc1. The predicted molar refractivity (Wildman–Crippen MR) is 107 cm³/mol. The average molecular weight is 440 g/mol. The number of nitrogens with two attached hydrogens (primary N) is 1. The van der Waals surface area contributed by atoms with Crippen LogP contribution < -0.4 is 11.2 Å². The number of nitrogens with one attached hydrogen (secondary N) is 1. The molecule has 2 heterocycles. The van der Waals surface area contributed by atoms with E-state index in [0.717, 1.165) is 15.6 Å². The van der Waals surface area contributed by atoms with Crippen molar-refractivity contribution in [3.63, 3.8) is 0 Å². The van der Waals surface area contributed by atoms with Gasteiger partial charge in [0.1, 0.15) is 6.54 Å². The number of hydrazone groups is 1. The molecule has 0 aliphatic heterocycles. The third-order valence-electron chi connectivity index (χ3n) is 3.95. The highest BCUT2D eigenvalue weighted by molar-refractivity contribution is 9.10. The molecule has 1 amide bonds. The van der Waals surface area contributed by atoms with E-state index >= 15 is 0 Å². The van der Waals surface area contributed by atoms with Gasteiger partial charge in [-0.2, -0.15) is 5.10 Å². The maximum absolute atomic E-state index is 12.4. The maximum atomic E-state index is 12.4. The van der Waals surface area contributed by atoms with Gasteiger partial charge in [-0.15, -0.1) is 0 Å². The first kappa shape index (κ1) is 17.9. The average Bonchev–Trinajstić information content (AvgIpc) is 3.27. The number of amides is 1. The number of anilines is 1. The summed E-state index contributed by atoms with van der Waals surface area (Å²) in [4.78, 5) is 16.9. The Bertz CT molecular complexity index is 1160. The summed E-state index contributed by atoms with van der Waals surface area (Å²) in [5.74, 6) is 0.171. The molecule has 0 atom stereocenters. The zero-order valence-corrected chi connectivity index (χ0v) is 16.0. The molecule has 10 heteroatoms. The molecule has 0 fully saturated rings. The molecule has 2 aromatic heterocycles. The lowest BCUT2D eigenvalue weighted by atomic mass is 10.2. The number of nitrogens with zero attached hydrogens (tertiary/aromatic N) is 5. The van der Waals surface area contributed by atoms with Gasteiger partial charge in [0, 0.05) is 4.47 Å². The standard InChI is InChI=1S/C18H14BrN7O2/c19-12-7-5-11(6-8-12)9-21-23-15(27)10-26-14-4-2-1-3-13(14)22-18(26)16-17(20)25-28-24-16/h1-9H,10H2,(H2,20,25)(H,23,27)/b21-9-. The summed E-state index contributed by atoms with van der Waals surface area (Å²) in [6, 6.07) is 14.9. The Morgan fingerprint density at radius 1 is 1.21 bits per heavy atom. The number of carbonyl (C=O) groups is 1. The van der Waals surface area contributed by atoms with Crippen LogP contribution in [0, 0.1) is 0 Å². The zero-order chi connectivity index (χ0) is 19.5. The van der Waals surface area contributed by atoms with Crippen molar-refractivity contribution in [2.75, 3.05) is 5.73 Å². The summed E-state index contributed by atoms with van der Waals surface area (Å²) in [7, 11) is 0. The number of hydrogen-bond acceptors (Lipinski definition) is 7. The summed E-state index contributed by atoms with van der Waals surface area (Å²) in [5.41, 5.74) is 10.9. The minimum absolute atomic E-state index is 0.0280. The Hall–Kier alpha value is -3.53. The number of carbonyl (C=O) groups excluding carboxylic acids is 1. The van der Waals surface area contributed by atoms with Gasteiger partial charge in [0.2, 0.25) is 0 Å². The Morgan fingerprint density at radius 3 is 2.75 bits per heavy atom. The highest BCUT2D eigenvalue weighted by Gasteiger charge is 2.20. The first-order chi connectivity index (χ1) is 13.6. The molecule has 140 valence electrons. The quantitative estimate of drug-likeness (QED) is 0.363. The molecule has 0 unspecified atom stereocenters. The van der Waals surface area contributed by atoms with Crippen LogP contribution in [0.5, 0.6) is 0 Å². The van der Waals surface area contributed by atoms with Gasteiger partial charge in [0.05, 0.1) is 17.2 Å². The van der Waals surface area contributed by atoms with Crippen LogP contribution in [-0.2, 0) is 11.3 Å². The van der Waals surface area contributed by atoms with Crippen molar-refractivity contribution in [2.24, 2.45) is 5.10 Å². The molecule has 0 bridgehead atoms. The van der Waals surface area contributed by atoms with Crippen LogP contribution in [0.4, 0.5) is 5.82 Å². The van der Waals surface area contributed by atoms with Gasteiger partial charge in [0.25, 0.3) is 5.91 Å². The van der Waals surface area contributed by atoms with Gasteiger partial charge < -0.3 is 10.3 Å². The van der Waals surface area contributed by atoms with E-state index in [2.05, 4.69) is 46.4 Å². The van der Waals surface area contributed by atoms with Crippen molar-refractivity contribution in [3.8, 4) is 11.5 Å². The molecule has 2 aromatic carbocycles. The molecule has 4 aromatic rings. The van der Waals surface area contributed by atoms with Crippen LogP contribution in [0.2, 0.25) is 0 Å². The minimum atomic E-state index is -0.326. The number of nitrogen functional groups attached to an aromatic ring is 1. The van der Waals surface area contributed by atoms with Crippen molar-refractivity contribution in [3.05, 3.63) is 58.6 Å². The molecule has 3 N–H and O–H groups in total. The molecule has 0 saturated carbocycles. The molecule has 4 rings (SSSR count). The van der Waals surface area contributed by atoms with Gasteiger partial charge in [-0.05, 0) is 40.1 Å². The lowest BCUT2D eigenvalue weighted by Gasteiger charge is -2.06. The smallest absolute Gasteiger partial charge is 0.260 e. The highest BCUT2D eigenvalue weighted by Crippen LogP contribution is 2.26. The van der Waals surface area contributed by atoms with E-state index in [1.807, 2.05) is 48.5 Å². The van der Waals surface area contributed by atoms with Gasteiger partial charge >= 0.3 is 0 Å². The normalized spacial score (nSPS) is 11.3. The number of para-hydroxylation sites is 2. The number of imidazole rings is 1. The Balaban J connectivity index is 1.57. The molecule has 9 nitrogen and oxygen atoms in total. The number of rotatable bonds is 5. The number of aromatic nitrogens is 4. The fraction of sp³-hybridized carbons (Fsp3) is 0.0556. The van der Waals surface area contributed by atoms with Crippen molar-refractivity contribution < 1.29 is 9.42 Å². The summed E-state index contributed by atoms with van der Waals surface area (Å²) >= 11 is 3.37. The molecule has 28 heavy (non-hydrogen) atoms. The predicted octanol–water partition coefficient (Wildman–Crippen LogP) is 2.58. The Labute approximate surface area is 167 Å². The summed E-state index contributed by atoms with van der Waals surface area (Å²) in [6.07, 6.45) is 1.57. The second-order valence-corrected chi connectivity index (χ2v) is 6.77. The number of hydrogen-bond donors (Lipinski definition) is 2. The molecule has 0 aliphatic carbocycles. The molecular formula is C18H14BrN7O2. The van der Waals surface area contributed by atoms with Crippen LogP contribution in [0.25, 0.3) is 22.6 Å². The zero-order valence-electron chi connectivity index (χ0n) is 14.4. The summed E-state index contributed by atoms with van der Waals surface area (Å²) in [5, 5.41) is 11.4. The van der Waals surface area contributed by atoms with Crippen LogP contribution in [0.3, 0.4) is 0 Å². The lowest BCUT2D eigenvalue weighted by Crippen LogP contribution is -2.23. The van der Waals surface area contributed by atoms with E-state index in [-0.39, 0.29) is 24.0 Å². The van der Waals surface area contributed by atoms with Crippen molar-refractivity contribution in [1.29, 1.82) is 0 Å². The third kappa shape index (κ3) is 3.62. The topological polar surface area (TPSA) is 124 Å². The van der Waals surface area contributed by atoms with Crippen LogP contribution in [0.1, 0.15) is 5.56 Å². The van der Waals surface area contributed by atoms with Crippen LogP contribution in [-0.4, -0.2) is 32.0 Å². The van der Waals surface area contributed by atoms with Crippen molar-refractivity contribution >= 4 is 44.9 Å². The molecule has 0 saturated heterocycles. The van der Waals surface area contributed by atoms with E-state index in [4.69, 9.17) is 5.73 Å². The molecule has 0 aliphatic rings. The van der Waals surface area contributed by atoms with Gasteiger partial charge in [-0.1, -0.05) is 40.2 Å². The Morgan fingerprint density at radius 2 is 2.00 bits per heavy atom. The van der Waals surface area contributed by atoms with Gasteiger partial charge in [-0.3, -0.25) is 4.79 Å². The number of halogens is 1. The van der Waals surface area contributed by atoms with Crippen LogP contribution in [0.15, 0.2) is 62.7 Å². The largest absolute Gasteiger partial charge is 0.379 e. The molecule has 0 spiro atoms. The highest BCUT2D eigenvalue weighted by atomic mass is 79.9. The van der Waals surface area contributed by atoms with E-state index in [0.29, 0.717) is 11.3 Å². The Kier molecular flexibility index (Phi) is 4.85. The first-order valence-electron chi connectivity index (χ1n) is 8.23. The monoisotopic (exact) mass is 439 g/mol. The second-order valence-electron chi connectivity index (χ2n) is 5.85. The summed E-state index contributed by atoms with van der Waals surface area (Å²) in [6.45, 7) is -0.0280. The first-order valence-corrected chi connectivity index (χ1v) is 9.02. The second kappa shape index (κ2) is 7.61. The number of benzene rings is 2. The fourth-order valence-corrected chi connectivity index (χ4v) is 2.94. The lowest BCUT2D eigenvalue weighted by molar-refractivity contribution is -0.121. The molecule has 0 radical (unpaired) electrons. The van der Waals surface area contributed by atoms with E-state index in [9.17, 15) is 4.79 Å².